The molecule has 1 aromatic rings. The minimum Gasteiger partial charge on any atom is -0.367 e. The zero-order valence-corrected chi connectivity index (χ0v) is 17.0. The number of carbonyl (C=O) groups excluding carboxylic acids is 2. The fraction of sp³-hybridized carbons (Fsp3) is 0.474. The molecule has 156 valence electrons. The summed E-state index contributed by atoms with van der Waals surface area (Å²) in [5.74, 6) is 0.153. The second-order valence-corrected chi connectivity index (χ2v) is 8.90. The number of thioether (sulfide) groups is 1. The Balaban J connectivity index is 1.66. The summed E-state index contributed by atoms with van der Waals surface area (Å²) in [6.07, 6.45) is -0.723. The number of amides is 2. The fourth-order valence-electron chi connectivity index (χ4n) is 3.61. The number of halogens is 4. The first-order valence-electron chi connectivity index (χ1n) is 9.33. The van der Waals surface area contributed by atoms with Gasteiger partial charge in [-0.15, -0.1) is 0 Å². The lowest BCUT2D eigenvalue weighted by atomic mass is 10.0. The summed E-state index contributed by atoms with van der Waals surface area (Å²) in [5.41, 5.74) is -0.237. The lowest BCUT2D eigenvalue weighted by molar-refractivity contribution is -0.137. The molecular weight excluding hydrogens is 427 g/mol. The second kappa shape index (κ2) is 7.85. The van der Waals surface area contributed by atoms with E-state index in [-0.39, 0.29) is 15.5 Å². The standard InChI is InChI=1S/C19H19ClF3N3O2S/c20-14-9-13(19(21,22)23)7-12(8-15-17(27)24-18(28)29-15)16(14)26-5-3-25(4-6-26)10-11-1-2-11/h7-9,11H,1-6,10H2,(H,24,27,28)/b15-8+. The molecule has 2 heterocycles. The molecule has 29 heavy (non-hydrogen) atoms. The molecule has 2 saturated heterocycles. The Morgan fingerprint density at radius 3 is 2.41 bits per heavy atom. The Morgan fingerprint density at radius 1 is 1.17 bits per heavy atom. The summed E-state index contributed by atoms with van der Waals surface area (Å²) >= 11 is 6.96. The minimum atomic E-state index is -4.57. The van der Waals surface area contributed by atoms with Crippen LogP contribution in [0.3, 0.4) is 0 Å². The Morgan fingerprint density at radius 2 is 1.86 bits per heavy atom. The molecule has 0 radical (unpaired) electrons. The Bertz CT molecular complexity index is 878. The maximum atomic E-state index is 13.3. The average Bonchev–Trinajstić information content (AvgIpc) is 3.39. The number of hydrogen-bond donors (Lipinski definition) is 1. The van der Waals surface area contributed by atoms with Crippen LogP contribution in [-0.4, -0.2) is 48.8 Å². The number of alkyl halides is 3. The number of piperazine rings is 1. The summed E-state index contributed by atoms with van der Waals surface area (Å²) in [7, 11) is 0. The highest BCUT2D eigenvalue weighted by Crippen LogP contribution is 2.40. The van der Waals surface area contributed by atoms with E-state index in [1.807, 2.05) is 4.90 Å². The summed E-state index contributed by atoms with van der Waals surface area (Å²) in [6, 6.07) is 1.91. The molecule has 0 aromatic heterocycles. The molecule has 0 bridgehead atoms. The third-order valence-corrected chi connectivity index (χ3v) is 6.35. The van der Waals surface area contributed by atoms with Gasteiger partial charge < -0.3 is 4.90 Å². The van der Waals surface area contributed by atoms with Crippen molar-refractivity contribution >= 4 is 46.3 Å². The number of anilines is 1. The predicted molar refractivity (Wildman–Crippen MR) is 107 cm³/mol. The first-order chi connectivity index (χ1) is 13.7. The van der Waals surface area contributed by atoms with Gasteiger partial charge in [-0.2, -0.15) is 13.2 Å². The molecular formula is C19H19ClF3N3O2S. The summed E-state index contributed by atoms with van der Waals surface area (Å²) in [4.78, 5) is 27.7. The third-order valence-electron chi connectivity index (χ3n) is 5.25. The van der Waals surface area contributed by atoms with Gasteiger partial charge in [-0.25, -0.2) is 0 Å². The highest BCUT2D eigenvalue weighted by Gasteiger charge is 2.34. The van der Waals surface area contributed by atoms with Gasteiger partial charge in [-0.1, -0.05) is 11.6 Å². The summed E-state index contributed by atoms with van der Waals surface area (Å²) < 4.78 is 39.9. The largest absolute Gasteiger partial charge is 0.416 e. The molecule has 0 unspecified atom stereocenters. The van der Waals surface area contributed by atoms with Crippen molar-refractivity contribution in [2.75, 3.05) is 37.6 Å². The molecule has 3 aliphatic rings. The first kappa shape index (κ1) is 20.6. The molecule has 1 N–H and O–H groups in total. The van der Waals surface area contributed by atoms with Gasteiger partial charge in [0.15, 0.2) is 0 Å². The molecule has 0 spiro atoms. The third kappa shape index (κ3) is 4.73. The van der Waals surface area contributed by atoms with E-state index in [0.717, 1.165) is 37.7 Å². The zero-order valence-electron chi connectivity index (χ0n) is 15.4. The van der Waals surface area contributed by atoms with Gasteiger partial charge in [0, 0.05) is 38.3 Å². The van der Waals surface area contributed by atoms with Gasteiger partial charge in [-0.3, -0.25) is 19.8 Å². The fourth-order valence-corrected chi connectivity index (χ4v) is 4.63. The Labute approximate surface area is 175 Å². The maximum Gasteiger partial charge on any atom is 0.416 e. The van der Waals surface area contributed by atoms with Crippen LogP contribution in [0.15, 0.2) is 17.0 Å². The van der Waals surface area contributed by atoms with Gasteiger partial charge in [0.2, 0.25) is 0 Å². The first-order valence-corrected chi connectivity index (χ1v) is 10.5. The van der Waals surface area contributed by atoms with Crippen molar-refractivity contribution in [1.82, 2.24) is 10.2 Å². The van der Waals surface area contributed by atoms with Gasteiger partial charge in [0.25, 0.3) is 11.1 Å². The van der Waals surface area contributed by atoms with Crippen LogP contribution in [0.5, 0.6) is 0 Å². The number of rotatable bonds is 4. The molecule has 10 heteroatoms. The lowest BCUT2D eigenvalue weighted by Gasteiger charge is -2.37. The van der Waals surface area contributed by atoms with Gasteiger partial charge >= 0.3 is 6.18 Å². The monoisotopic (exact) mass is 445 g/mol. The molecule has 0 atom stereocenters. The molecule has 5 nitrogen and oxygen atoms in total. The highest BCUT2D eigenvalue weighted by atomic mass is 35.5. The second-order valence-electron chi connectivity index (χ2n) is 7.48. The molecule has 2 amide bonds. The summed E-state index contributed by atoms with van der Waals surface area (Å²) in [6.45, 7) is 3.93. The Kier molecular flexibility index (Phi) is 5.56. The van der Waals surface area contributed by atoms with Crippen LogP contribution in [-0.2, 0) is 11.0 Å². The van der Waals surface area contributed by atoms with E-state index in [1.54, 1.807) is 0 Å². The van der Waals surface area contributed by atoms with E-state index in [1.165, 1.54) is 18.9 Å². The van der Waals surface area contributed by atoms with Gasteiger partial charge in [-0.05, 0) is 48.7 Å². The molecule has 4 rings (SSSR count). The van der Waals surface area contributed by atoms with Crippen molar-refractivity contribution in [2.45, 2.75) is 19.0 Å². The molecule has 1 aliphatic carbocycles. The van der Waals surface area contributed by atoms with E-state index in [0.29, 0.717) is 30.5 Å². The topological polar surface area (TPSA) is 52.7 Å². The van der Waals surface area contributed by atoms with E-state index >= 15 is 0 Å². The van der Waals surface area contributed by atoms with Crippen LogP contribution in [0, 0.1) is 5.92 Å². The predicted octanol–water partition coefficient (Wildman–Crippen LogP) is 4.21. The normalized spacial score (nSPS) is 22.5. The van der Waals surface area contributed by atoms with Crippen molar-refractivity contribution in [3.05, 3.63) is 33.2 Å². The van der Waals surface area contributed by atoms with Crippen LogP contribution < -0.4 is 10.2 Å². The number of nitrogens with one attached hydrogen (secondary N) is 1. The number of benzene rings is 1. The van der Waals surface area contributed by atoms with Crippen LogP contribution in [0.25, 0.3) is 6.08 Å². The zero-order chi connectivity index (χ0) is 20.8. The number of carbonyl (C=O) groups is 2. The van der Waals surface area contributed by atoms with Gasteiger partial charge in [0.05, 0.1) is 21.2 Å². The highest BCUT2D eigenvalue weighted by molar-refractivity contribution is 8.18. The molecule has 1 aromatic carbocycles. The average molecular weight is 446 g/mol. The van der Waals surface area contributed by atoms with E-state index in [2.05, 4.69) is 10.2 Å². The van der Waals surface area contributed by atoms with Crippen molar-refractivity contribution in [3.8, 4) is 0 Å². The molecule has 1 saturated carbocycles. The van der Waals surface area contributed by atoms with E-state index in [4.69, 9.17) is 11.6 Å². The molecule has 3 fully saturated rings. The van der Waals surface area contributed by atoms with Crippen molar-refractivity contribution in [3.63, 3.8) is 0 Å². The Hall–Kier alpha value is -1.71. The number of hydrogen-bond acceptors (Lipinski definition) is 5. The van der Waals surface area contributed by atoms with Crippen LogP contribution >= 0.6 is 23.4 Å². The van der Waals surface area contributed by atoms with Crippen molar-refractivity contribution in [1.29, 1.82) is 0 Å². The van der Waals surface area contributed by atoms with Crippen LogP contribution in [0.4, 0.5) is 23.7 Å². The van der Waals surface area contributed by atoms with Crippen molar-refractivity contribution in [2.24, 2.45) is 5.92 Å². The maximum absolute atomic E-state index is 13.3. The molecule has 2 aliphatic heterocycles. The minimum absolute atomic E-state index is 0.0166. The van der Waals surface area contributed by atoms with E-state index < -0.39 is 22.9 Å². The smallest absolute Gasteiger partial charge is 0.367 e. The quantitative estimate of drug-likeness (QED) is 0.703. The van der Waals surface area contributed by atoms with Crippen LogP contribution in [0.2, 0.25) is 5.02 Å². The van der Waals surface area contributed by atoms with Crippen molar-refractivity contribution < 1.29 is 22.8 Å². The van der Waals surface area contributed by atoms with Gasteiger partial charge in [0.1, 0.15) is 0 Å². The lowest BCUT2D eigenvalue weighted by Crippen LogP contribution is -2.47. The number of imide groups is 1. The van der Waals surface area contributed by atoms with Crippen LogP contribution in [0.1, 0.15) is 24.0 Å². The van der Waals surface area contributed by atoms with E-state index in [9.17, 15) is 22.8 Å². The summed E-state index contributed by atoms with van der Waals surface area (Å²) in [5, 5.41) is 1.55. The number of nitrogens with zero attached hydrogens (tertiary/aromatic N) is 2. The SMILES string of the molecule is O=C1NC(=O)/C(=C\c2cc(C(F)(F)F)cc(Cl)c2N2CCN(CC3CC3)CC2)S1.